The van der Waals surface area contributed by atoms with E-state index in [9.17, 15) is 4.79 Å². The molecule has 0 radical (unpaired) electrons. The van der Waals surface area contributed by atoms with Crippen molar-refractivity contribution in [3.63, 3.8) is 0 Å². The minimum Gasteiger partial charge on any atom is -0.378 e. The molecule has 1 N–H and O–H groups in total. The predicted octanol–water partition coefficient (Wildman–Crippen LogP) is 4.45. The molecule has 2 aromatic carbocycles. The second kappa shape index (κ2) is 9.47. The minimum absolute atomic E-state index is 0.155. The molecule has 30 heavy (non-hydrogen) atoms. The summed E-state index contributed by atoms with van der Waals surface area (Å²) in [4.78, 5) is 19.0. The molecule has 9 heteroatoms. The fourth-order valence-corrected chi connectivity index (χ4v) is 3.65. The fraction of sp³-hybridized carbons (Fsp3) is 0.286. The number of carbonyl (C=O) groups is 1. The lowest BCUT2D eigenvalue weighted by Crippen LogP contribution is -2.37. The number of carbonyl (C=O) groups excluding carboxylic acids is 1. The lowest BCUT2D eigenvalue weighted by atomic mass is 10.2. The van der Waals surface area contributed by atoms with Gasteiger partial charge in [0.05, 0.1) is 29.6 Å². The maximum absolute atomic E-state index is 12.5. The van der Waals surface area contributed by atoms with Gasteiger partial charge in [-0.2, -0.15) is 4.98 Å². The third-order valence-corrected chi connectivity index (χ3v) is 5.28. The molecule has 1 aliphatic rings. The van der Waals surface area contributed by atoms with Crippen molar-refractivity contribution < 1.29 is 14.1 Å². The molecule has 0 unspecified atom stereocenters. The maximum atomic E-state index is 12.5. The predicted molar refractivity (Wildman–Crippen MR) is 116 cm³/mol. The van der Waals surface area contributed by atoms with Crippen molar-refractivity contribution in [2.75, 3.05) is 36.5 Å². The first-order valence-electron chi connectivity index (χ1n) is 9.60. The number of hydrogen-bond donors (Lipinski definition) is 1. The lowest BCUT2D eigenvalue weighted by Gasteiger charge is -2.31. The number of para-hydroxylation sites is 1. The van der Waals surface area contributed by atoms with Crippen molar-refractivity contribution in [1.29, 1.82) is 0 Å². The van der Waals surface area contributed by atoms with E-state index in [0.717, 1.165) is 24.3 Å². The normalized spacial score (nSPS) is 14.0. The van der Waals surface area contributed by atoms with E-state index in [1.54, 1.807) is 12.1 Å². The van der Waals surface area contributed by atoms with Crippen LogP contribution in [-0.4, -0.2) is 42.4 Å². The first-order chi connectivity index (χ1) is 14.6. The van der Waals surface area contributed by atoms with Crippen molar-refractivity contribution >= 4 is 40.5 Å². The lowest BCUT2D eigenvalue weighted by molar-refractivity contribution is -0.116. The number of halogens is 2. The zero-order chi connectivity index (χ0) is 20.9. The van der Waals surface area contributed by atoms with Gasteiger partial charge >= 0.3 is 0 Å². The van der Waals surface area contributed by atoms with Crippen LogP contribution in [0.3, 0.4) is 0 Å². The molecular formula is C21H20Cl2N4O3. The molecule has 0 aliphatic carbocycles. The first kappa shape index (κ1) is 20.7. The molecular weight excluding hydrogens is 427 g/mol. The second-order valence-corrected chi connectivity index (χ2v) is 7.65. The Morgan fingerprint density at radius 2 is 1.87 bits per heavy atom. The molecule has 0 bridgehead atoms. The Morgan fingerprint density at radius 1 is 1.10 bits per heavy atom. The molecule has 4 rings (SSSR count). The van der Waals surface area contributed by atoms with Crippen molar-refractivity contribution in [3.05, 3.63) is 58.4 Å². The quantitative estimate of drug-likeness (QED) is 0.602. The average Bonchev–Trinajstić information content (AvgIpc) is 3.23. The molecule has 1 amide bonds. The van der Waals surface area contributed by atoms with Crippen molar-refractivity contribution in [1.82, 2.24) is 10.1 Å². The van der Waals surface area contributed by atoms with Gasteiger partial charge in [0.15, 0.2) is 0 Å². The number of hydrogen-bond acceptors (Lipinski definition) is 6. The number of nitrogens with zero attached hydrogens (tertiary/aromatic N) is 3. The van der Waals surface area contributed by atoms with Crippen LogP contribution in [0.15, 0.2) is 47.0 Å². The molecule has 0 saturated carbocycles. The fourth-order valence-electron chi connectivity index (χ4n) is 3.23. The highest BCUT2D eigenvalue weighted by atomic mass is 35.5. The Labute approximate surface area is 183 Å². The number of ether oxygens (including phenoxy) is 1. The molecule has 2 heterocycles. The van der Waals surface area contributed by atoms with Gasteiger partial charge in [0.2, 0.25) is 17.6 Å². The van der Waals surface area contributed by atoms with Gasteiger partial charge in [-0.05, 0) is 36.4 Å². The Morgan fingerprint density at radius 3 is 2.63 bits per heavy atom. The van der Waals surface area contributed by atoms with E-state index in [-0.39, 0.29) is 12.3 Å². The number of nitrogens with one attached hydrogen (secondary N) is 1. The van der Waals surface area contributed by atoms with Gasteiger partial charge in [-0.1, -0.05) is 34.4 Å². The molecule has 3 aromatic rings. The SMILES string of the molecule is O=C(CCc1nc(-c2ccc(Cl)cc2)no1)Nc1cccc(Cl)c1N1CCOCC1. The summed E-state index contributed by atoms with van der Waals surface area (Å²) in [5.41, 5.74) is 2.30. The average molecular weight is 447 g/mol. The van der Waals surface area contributed by atoms with Gasteiger partial charge in [-0.3, -0.25) is 4.79 Å². The molecule has 1 aromatic heterocycles. The number of aryl methyl sites for hydroxylation is 1. The maximum Gasteiger partial charge on any atom is 0.227 e. The van der Waals surface area contributed by atoms with E-state index in [2.05, 4.69) is 20.4 Å². The van der Waals surface area contributed by atoms with Crippen LogP contribution in [0.5, 0.6) is 0 Å². The molecule has 1 saturated heterocycles. The molecule has 0 atom stereocenters. The minimum atomic E-state index is -0.155. The van der Waals surface area contributed by atoms with Crippen LogP contribution in [0.1, 0.15) is 12.3 Å². The first-order valence-corrected chi connectivity index (χ1v) is 10.4. The summed E-state index contributed by atoms with van der Waals surface area (Å²) in [6, 6.07) is 12.6. The van der Waals surface area contributed by atoms with Crippen LogP contribution in [0.2, 0.25) is 10.0 Å². The summed E-state index contributed by atoms with van der Waals surface area (Å²) >= 11 is 12.3. The van der Waals surface area contributed by atoms with E-state index in [4.69, 9.17) is 32.5 Å². The van der Waals surface area contributed by atoms with Gasteiger partial charge in [0, 0.05) is 36.5 Å². The van der Waals surface area contributed by atoms with Crippen LogP contribution in [0.25, 0.3) is 11.4 Å². The zero-order valence-corrected chi connectivity index (χ0v) is 17.6. The van der Waals surface area contributed by atoms with Gasteiger partial charge < -0.3 is 19.5 Å². The summed E-state index contributed by atoms with van der Waals surface area (Å²) in [6.45, 7) is 2.71. The van der Waals surface area contributed by atoms with Gasteiger partial charge in [0.1, 0.15) is 0 Å². The third kappa shape index (κ3) is 4.92. The Hall–Kier alpha value is -2.61. The highest BCUT2D eigenvalue weighted by Crippen LogP contribution is 2.34. The van der Waals surface area contributed by atoms with E-state index < -0.39 is 0 Å². The van der Waals surface area contributed by atoms with Crippen molar-refractivity contribution in [2.45, 2.75) is 12.8 Å². The van der Waals surface area contributed by atoms with Gasteiger partial charge in [-0.25, -0.2) is 0 Å². The zero-order valence-electron chi connectivity index (χ0n) is 16.1. The Balaban J connectivity index is 1.39. The summed E-state index contributed by atoms with van der Waals surface area (Å²) in [6.07, 6.45) is 0.539. The number of amides is 1. The molecule has 1 aliphatic heterocycles. The van der Waals surface area contributed by atoms with Gasteiger partial charge in [-0.15, -0.1) is 0 Å². The van der Waals surface area contributed by atoms with Crippen LogP contribution >= 0.6 is 23.2 Å². The standard InChI is InChI=1S/C21H20Cl2N4O3/c22-15-6-4-14(5-7-15)21-25-19(30-26-21)9-8-18(28)24-17-3-1-2-16(23)20(17)27-10-12-29-13-11-27/h1-7H,8-13H2,(H,24,28). The number of benzene rings is 2. The monoisotopic (exact) mass is 446 g/mol. The third-order valence-electron chi connectivity index (χ3n) is 4.72. The van der Waals surface area contributed by atoms with Crippen molar-refractivity contribution in [2.24, 2.45) is 0 Å². The molecule has 7 nitrogen and oxygen atoms in total. The molecule has 156 valence electrons. The highest BCUT2D eigenvalue weighted by molar-refractivity contribution is 6.34. The van der Waals surface area contributed by atoms with E-state index >= 15 is 0 Å². The molecule has 1 fully saturated rings. The largest absolute Gasteiger partial charge is 0.378 e. The Kier molecular flexibility index (Phi) is 6.52. The van der Waals surface area contributed by atoms with Crippen LogP contribution in [0, 0.1) is 0 Å². The van der Waals surface area contributed by atoms with Crippen molar-refractivity contribution in [3.8, 4) is 11.4 Å². The number of anilines is 2. The van der Waals surface area contributed by atoms with Crippen LogP contribution in [0.4, 0.5) is 11.4 Å². The van der Waals surface area contributed by atoms with E-state index in [0.29, 0.717) is 47.1 Å². The summed E-state index contributed by atoms with van der Waals surface area (Å²) in [5.74, 6) is 0.708. The summed E-state index contributed by atoms with van der Waals surface area (Å²) in [5, 5.41) is 8.15. The topological polar surface area (TPSA) is 80.5 Å². The number of morpholine rings is 1. The van der Waals surface area contributed by atoms with E-state index in [1.807, 2.05) is 30.3 Å². The molecule has 0 spiro atoms. The number of aromatic nitrogens is 2. The second-order valence-electron chi connectivity index (χ2n) is 6.80. The van der Waals surface area contributed by atoms with Crippen LogP contribution < -0.4 is 10.2 Å². The Bertz CT molecular complexity index is 1020. The highest BCUT2D eigenvalue weighted by Gasteiger charge is 2.19. The summed E-state index contributed by atoms with van der Waals surface area (Å²) in [7, 11) is 0. The number of rotatable bonds is 6. The van der Waals surface area contributed by atoms with Gasteiger partial charge in [0.25, 0.3) is 0 Å². The van der Waals surface area contributed by atoms with Crippen LogP contribution in [-0.2, 0) is 16.0 Å². The smallest absolute Gasteiger partial charge is 0.227 e. The van der Waals surface area contributed by atoms with E-state index in [1.165, 1.54) is 0 Å². The summed E-state index contributed by atoms with van der Waals surface area (Å²) < 4.78 is 10.7.